The van der Waals surface area contributed by atoms with Gasteiger partial charge in [0, 0.05) is 26.2 Å². The molecule has 3 atom stereocenters. The number of rotatable bonds is 6. The van der Waals surface area contributed by atoms with Gasteiger partial charge in [-0.25, -0.2) is 0 Å². The van der Waals surface area contributed by atoms with E-state index in [1.165, 1.54) is 58.4 Å². The summed E-state index contributed by atoms with van der Waals surface area (Å²) in [5.74, 6) is 2.93. The van der Waals surface area contributed by atoms with Crippen molar-refractivity contribution in [3.8, 4) is 0 Å². The maximum absolute atomic E-state index is 3.59. The summed E-state index contributed by atoms with van der Waals surface area (Å²) < 4.78 is 0. The van der Waals surface area contributed by atoms with E-state index in [0.29, 0.717) is 0 Å². The predicted octanol–water partition coefficient (Wildman–Crippen LogP) is 2.35. The summed E-state index contributed by atoms with van der Waals surface area (Å²) in [6.07, 6.45) is 5.79. The number of likely N-dealkylation sites (tertiary alicyclic amines) is 1. The zero-order valence-electron chi connectivity index (χ0n) is 11.0. The minimum atomic E-state index is 0.831. The topological polar surface area (TPSA) is 15.3 Å². The molecular weight excluding hydrogens is 196 g/mol. The highest BCUT2D eigenvalue weighted by Gasteiger charge is 2.35. The molecule has 0 aromatic carbocycles. The Morgan fingerprint density at radius 1 is 1.25 bits per heavy atom. The molecule has 16 heavy (non-hydrogen) atoms. The summed E-state index contributed by atoms with van der Waals surface area (Å²) in [5, 5.41) is 3.59. The van der Waals surface area contributed by atoms with Gasteiger partial charge in [-0.2, -0.15) is 0 Å². The minimum Gasteiger partial charge on any atom is -0.315 e. The van der Waals surface area contributed by atoms with Crippen LogP contribution in [0.4, 0.5) is 0 Å². The number of hydrogen-bond acceptors (Lipinski definition) is 2. The summed E-state index contributed by atoms with van der Waals surface area (Å²) in [5.41, 5.74) is 0. The molecule has 0 radical (unpaired) electrons. The van der Waals surface area contributed by atoms with Crippen LogP contribution in [-0.4, -0.2) is 37.6 Å². The fraction of sp³-hybridized carbons (Fsp3) is 1.00. The molecule has 2 rings (SSSR count). The highest BCUT2D eigenvalue weighted by molar-refractivity contribution is 4.88. The van der Waals surface area contributed by atoms with Crippen LogP contribution in [0.5, 0.6) is 0 Å². The van der Waals surface area contributed by atoms with Gasteiger partial charge in [0.05, 0.1) is 0 Å². The van der Waals surface area contributed by atoms with Gasteiger partial charge in [0.15, 0.2) is 0 Å². The first-order chi connectivity index (χ1) is 7.79. The van der Waals surface area contributed by atoms with Gasteiger partial charge >= 0.3 is 0 Å². The van der Waals surface area contributed by atoms with Crippen LogP contribution < -0.4 is 5.32 Å². The molecule has 0 amide bonds. The van der Waals surface area contributed by atoms with Gasteiger partial charge in [0.1, 0.15) is 0 Å². The van der Waals surface area contributed by atoms with E-state index in [-0.39, 0.29) is 0 Å². The largest absolute Gasteiger partial charge is 0.315 e. The third-order valence-electron chi connectivity index (χ3n) is 4.60. The van der Waals surface area contributed by atoms with Crippen molar-refractivity contribution in [2.45, 2.75) is 39.5 Å². The van der Waals surface area contributed by atoms with Crippen LogP contribution in [0.15, 0.2) is 0 Å². The second-order valence-corrected chi connectivity index (χ2v) is 5.93. The second-order valence-electron chi connectivity index (χ2n) is 5.93. The molecule has 0 aromatic heterocycles. The van der Waals surface area contributed by atoms with Crippen molar-refractivity contribution in [1.29, 1.82) is 0 Å². The Balaban J connectivity index is 1.54. The van der Waals surface area contributed by atoms with Gasteiger partial charge in [-0.15, -0.1) is 0 Å². The fourth-order valence-corrected chi connectivity index (χ4v) is 3.24. The first-order valence-corrected chi connectivity index (χ1v) is 7.22. The molecule has 2 aliphatic rings. The highest BCUT2D eigenvalue weighted by Crippen LogP contribution is 2.37. The van der Waals surface area contributed by atoms with Gasteiger partial charge < -0.3 is 10.2 Å². The lowest BCUT2D eigenvalue weighted by atomic mass is 10.0. The molecule has 2 nitrogen and oxygen atoms in total. The summed E-state index contributed by atoms with van der Waals surface area (Å²) in [4.78, 5) is 2.68. The Hall–Kier alpha value is -0.0800. The first-order valence-electron chi connectivity index (χ1n) is 7.22. The van der Waals surface area contributed by atoms with Gasteiger partial charge in [0.2, 0.25) is 0 Å². The van der Waals surface area contributed by atoms with E-state index in [1.54, 1.807) is 0 Å². The predicted molar refractivity (Wildman–Crippen MR) is 69.6 cm³/mol. The molecular formula is C14H28N2. The molecule has 94 valence electrons. The third kappa shape index (κ3) is 3.21. The van der Waals surface area contributed by atoms with E-state index in [1.807, 2.05) is 0 Å². The van der Waals surface area contributed by atoms with Crippen LogP contribution >= 0.6 is 0 Å². The van der Waals surface area contributed by atoms with Gasteiger partial charge in [-0.1, -0.05) is 26.7 Å². The average Bonchev–Trinajstić information content (AvgIpc) is 2.84. The molecule has 1 aliphatic carbocycles. The average molecular weight is 224 g/mol. The summed E-state index contributed by atoms with van der Waals surface area (Å²) in [6, 6.07) is 0. The maximum atomic E-state index is 3.59. The monoisotopic (exact) mass is 224 g/mol. The van der Waals surface area contributed by atoms with E-state index in [4.69, 9.17) is 0 Å². The fourth-order valence-electron chi connectivity index (χ4n) is 3.24. The molecule has 1 saturated heterocycles. The number of nitrogens with zero attached hydrogens (tertiary/aromatic N) is 1. The normalized spacial score (nSPS) is 31.9. The van der Waals surface area contributed by atoms with E-state index >= 15 is 0 Å². The van der Waals surface area contributed by atoms with Crippen molar-refractivity contribution in [3.05, 3.63) is 0 Å². The van der Waals surface area contributed by atoms with Crippen molar-refractivity contribution in [2.24, 2.45) is 17.8 Å². The lowest BCUT2D eigenvalue weighted by Crippen LogP contribution is -2.33. The zero-order valence-corrected chi connectivity index (χ0v) is 11.0. The molecule has 0 aromatic rings. The Morgan fingerprint density at radius 3 is 2.56 bits per heavy atom. The van der Waals surface area contributed by atoms with E-state index in [0.717, 1.165) is 17.8 Å². The molecule has 0 spiro atoms. The molecule has 1 heterocycles. The SMILES string of the molecule is CCC(C)CNCCN1CC2CCCC2C1. The Kier molecular flexibility index (Phi) is 4.66. The van der Waals surface area contributed by atoms with E-state index < -0.39 is 0 Å². The maximum Gasteiger partial charge on any atom is 0.0107 e. The molecule has 0 bridgehead atoms. The highest BCUT2D eigenvalue weighted by atomic mass is 15.2. The van der Waals surface area contributed by atoms with Crippen molar-refractivity contribution >= 4 is 0 Å². The lowest BCUT2D eigenvalue weighted by molar-refractivity contribution is 0.306. The van der Waals surface area contributed by atoms with Crippen LogP contribution in [0.25, 0.3) is 0 Å². The Labute approximate surface area is 101 Å². The molecule has 1 N–H and O–H groups in total. The summed E-state index contributed by atoms with van der Waals surface area (Å²) >= 11 is 0. The summed E-state index contributed by atoms with van der Waals surface area (Å²) in [7, 11) is 0. The van der Waals surface area contributed by atoms with E-state index in [2.05, 4.69) is 24.1 Å². The van der Waals surface area contributed by atoms with Crippen molar-refractivity contribution < 1.29 is 0 Å². The molecule has 2 heteroatoms. The van der Waals surface area contributed by atoms with Crippen LogP contribution in [0.1, 0.15) is 39.5 Å². The molecule has 3 unspecified atom stereocenters. The van der Waals surface area contributed by atoms with Gasteiger partial charge in [0.25, 0.3) is 0 Å². The van der Waals surface area contributed by atoms with Crippen molar-refractivity contribution in [2.75, 3.05) is 32.7 Å². The van der Waals surface area contributed by atoms with E-state index in [9.17, 15) is 0 Å². The van der Waals surface area contributed by atoms with Gasteiger partial charge in [-0.05, 0) is 37.1 Å². The molecule has 1 saturated carbocycles. The zero-order chi connectivity index (χ0) is 11.4. The summed E-state index contributed by atoms with van der Waals surface area (Å²) in [6.45, 7) is 11.0. The van der Waals surface area contributed by atoms with Crippen LogP contribution in [0, 0.1) is 17.8 Å². The van der Waals surface area contributed by atoms with Crippen LogP contribution in [0.2, 0.25) is 0 Å². The van der Waals surface area contributed by atoms with Crippen molar-refractivity contribution in [3.63, 3.8) is 0 Å². The lowest BCUT2D eigenvalue weighted by Gasteiger charge is -2.17. The molecule has 1 aliphatic heterocycles. The standard InChI is InChI=1S/C14H28N2/c1-3-12(2)9-15-7-8-16-10-13-5-4-6-14(13)11-16/h12-15H,3-11H2,1-2H3. The quantitative estimate of drug-likeness (QED) is 0.697. The number of nitrogens with one attached hydrogen (secondary N) is 1. The second kappa shape index (κ2) is 6.02. The minimum absolute atomic E-state index is 0.831. The number of fused-ring (bicyclic) bond motifs is 1. The Morgan fingerprint density at radius 2 is 1.94 bits per heavy atom. The van der Waals surface area contributed by atoms with Gasteiger partial charge in [-0.3, -0.25) is 0 Å². The third-order valence-corrected chi connectivity index (χ3v) is 4.60. The van der Waals surface area contributed by atoms with Crippen molar-refractivity contribution in [1.82, 2.24) is 10.2 Å². The molecule has 2 fully saturated rings. The van der Waals surface area contributed by atoms with Crippen LogP contribution in [0.3, 0.4) is 0 Å². The first kappa shape index (κ1) is 12.4. The smallest absolute Gasteiger partial charge is 0.0107 e. The Bertz CT molecular complexity index is 193. The van der Waals surface area contributed by atoms with Crippen LogP contribution in [-0.2, 0) is 0 Å². The number of hydrogen-bond donors (Lipinski definition) is 1.